The van der Waals surface area contributed by atoms with E-state index in [1.54, 1.807) is 5.56 Å². The van der Waals surface area contributed by atoms with Gasteiger partial charge in [-0.2, -0.15) is 0 Å². The Morgan fingerprint density at radius 2 is 0.341 bits per heavy atom. The van der Waals surface area contributed by atoms with Gasteiger partial charge in [0.15, 0.2) is 0 Å². The molecule has 0 unspecified atom stereocenters. The van der Waals surface area contributed by atoms with Crippen molar-refractivity contribution in [2.75, 3.05) is 14.7 Å². The molecule has 0 atom stereocenters. The Labute approximate surface area is 809 Å². The van der Waals surface area contributed by atoms with E-state index in [1.165, 1.54) is 203 Å². The lowest BCUT2D eigenvalue weighted by Gasteiger charge is -2.55. The first-order valence-corrected chi connectivity index (χ1v) is 51.4. The van der Waals surface area contributed by atoms with E-state index in [9.17, 15) is 0 Å². The molecule has 12 saturated carbocycles. The highest BCUT2D eigenvalue weighted by atomic mass is 16.3. The van der Waals surface area contributed by atoms with Crippen LogP contribution in [0, 0.1) is 71.0 Å². The summed E-state index contributed by atoms with van der Waals surface area (Å²) in [6, 6.07) is 151. The number of benzene rings is 17. The molecule has 0 aliphatic heterocycles. The van der Waals surface area contributed by atoms with Gasteiger partial charge in [0.25, 0.3) is 0 Å². The Bertz CT molecular complexity index is 7670. The zero-order valence-electron chi connectivity index (χ0n) is 78.1. The molecular weight excluding hydrogens is 1680 g/mol. The van der Waals surface area contributed by atoms with Crippen molar-refractivity contribution in [3.8, 4) is 55.6 Å². The molecule has 12 bridgehead atoms. The molecule has 138 heavy (non-hydrogen) atoms. The summed E-state index contributed by atoms with van der Waals surface area (Å²) in [7, 11) is 0. The van der Waals surface area contributed by atoms with E-state index in [-0.39, 0.29) is 0 Å². The number of anilines is 9. The maximum atomic E-state index is 6.43. The Morgan fingerprint density at radius 1 is 0.152 bits per heavy atom. The minimum Gasteiger partial charge on any atom is -0.456 e. The van der Waals surface area contributed by atoms with Crippen molar-refractivity contribution in [2.45, 2.75) is 114 Å². The second-order valence-corrected chi connectivity index (χ2v) is 42.3. The van der Waals surface area contributed by atoms with Gasteiger partial charge in [0.1, 0.15) is 33.5 Å². The van der Waals surface area contributed by atoms with Crippen LogP contribution in [0.1, 0.15) is 131 Å². The molecule has 20 aromatic rings. The van der Waals surface area contributed by atoms with E-state index in [2.05, 4.69) is 415 Å². The van der Waals surface area contributed by atoms with Crippen LogP contribution in [0.5, 0.6) is 0 Å². The first kappa shape index (κ1) is 83.0. The Balaban J connectivity index is 0.000000105. The SMILES string of the molecule is c1ccc(-c2ccc(-c3ccc(N(c4ccc(-c5ccccc5)cc4)c4ccccc4C4C5CC6CC(C5)CC4C6)cc3)cc2)cc1.c1ccc(-c2ccc(-c3ccc(N(c4ccc5c(c4)oc4ccccc45)c4ccccc4C4C5CC6CC(C5)CC4C6)cc3)cc2)cc1.c1ccc(N(c2ccc3c(c2)oc2ccccc23)c2ccc3c(c2)oc2ccccc23)c(C2C3CC4CC(C3)CC2C4)c1. The fraction of sp³-hybridized carbons (Fsp3) is 0.227. The first-order chi connectivity index (χ1) is 68.3. The molecule has 12 fully saturated rings. The fourth-order valence-electron chi connectivity index (χ4n) is 29.1. The monoisotopic (exact) mass is 1790 g/mol. The summed E-state index contributed by atoms with van der Waals surface area (Å²) in [5, 5.41) is 6.96. The van der Waals surface area contributed by atoms with Gasteiger partial charge in [-0.25, -0.2) is 0 Å². The van der Waals surface area contributed by atoms with E-state index >= 15 is 0 Å². The minimum absolute atomic E-state index is 0.622. The molecular formula is C132H113N3O3. The van der Waals surface area contributed by atoms with Crippen LogP contribution in [0.3, 0.4) is 0 Å². The third-order valence-electron chi connectivity index (χ3n) is 34.3. The van der Waals surface area contributed by atoms with Crippen molar-refractivity contribution in [1.82, 2.24) is 0 Å². The highest BCUT2D eigenvalue weighted by Gasteiger charge is 2.53. The van der Waals surface area contributed by atoms with E-state index in [1.807, 2.05) is 12.1 Å². The third-order valence-corrected chi connectivity index (χ3v) is 34.3. The van der Waals surface area contributed by atoms with Crippen molar-refractivity contribution in [2.24, 2.45) is 71.0 Å². The molecule has 6 heteroatoms. The van der Waals surface area contributed by atoms with Gasteiger partial charge in [-0.15, -0.1) is 0 Å². The quantitative estimate of drug-likeness (QED) is 0.0905. The van der Waals surface area contributed by atoms with Crippen LogP contribution in [0.25, 0.3) is 121 Å². The van der Waals surface area contributed by atoms with Gasteiger partial charge in [-0.1, -0.05) is 285 Å². The second kappa shape index (κ2) is 35.0. The number of nitrogens with zero attached hydrogens (tertiary/aromatic N) is 3. The van der Waals surface area contributed by atoms with Crippen molar-refractivity contribution in [1.29, 1.82) is 0 Å². The zero-order valence-corrected chi connectivity index (χ0v) is 78.1. The smallest absolute Gasteiger partial charge is 0.137 e. The summed E-state index contributed by atoms with van der Waals surface area (Å²) in [6.07, 6.45) is 21.4. The van der Waals surface area contributed by atoms with Crippen LogP contribution < -0.4 is 14.7 Å². The minimum atomic E-state index is 0.622. The Morgan fingerprint density at radius 3 is 0.601 bits per heavy atom. The molecule has 12 aliphatic rings. The Kier molecular flexibility index (Phi) is 21.0. The number of rotatable bonds is 17. The summed E-state index contributed by atoms with van der Waals surface area (Å²) in [6.45, 7) is 0. The number of para-hydroxylation sites is 6. The lowest BCUT2D eigenvalue weighted by molar-refractivity contribution is -0.00265. The normalized spacial score (nSPS) is 23.3. The highest BCUT2D eigenvalue weighted by Crippen LogP contribution is 2.65. The fourth-order valence-corrected chi connectivity index (χ4v) is 29.1. The van der Waals surface area contributed by atoms with E-state index in [0.29, 0.717) is 17.8 Å². The van der Waals surface area contributed by atoms with Gasteiger partial charge < -0.3 is 28.0 Å². The second-order valence-electron chi connectivity index (χ2n) is 42.3. The van der Waals surface area contributed by atoms with Crippen molar-refractivity contribution in [3.63, 3.8) is 0 Å². The lowest BCUT2D eigenvalue weighted by atomic mass is 9.50. The number of fused-ring (bicyclic) bond motifs is 9. The van der Waals surface area contributed by atoms with Crippen LogP contribution in [0.2, 0.25) is 0 Å². The van der Waals surface area contributed by atoms with Crippen LogP contribution >= 0.6 is 0 Å². The van der Waals surface area contributed by atoms with Gasteiger partial charge in [0.2, 0.25) is 0 Å². The van der Waals surface area contributed by atoms with Crippen molar-refractivity contribution in [3.05, 3.63) is 429 Å². The van der Waals surface area contributed by atoms with Gasteiger partial charge in [-0.05, 0) is 367 Å². The molecule has 0 radical (unpaired) electrons. The number of furan rings is 3. The van der Waals surface area contributed by atoms with Gasteiger partial charge in [0, 0.05) is 102 Å². The summed E-state index contributed by atoms with van der Waals surface area (Å²) < 4.78 is 19.2. The standard InChI is InChI=1S/C46H39NO.C46H41N.C40H33NO2/c1-2-8-32(9-3-1)33-14-16-34(17-15-33)35-18-20-38(21-19-35)47(39-22-23-41-40-10-5-7-13-44(40)48-45(41)29-39)43-12-6-4-11-42(43)46-36-25-30-24-31(27-36)28-37(46)26-30;1-3-9-34(10-4-1)36-15-17-37(18-16-36)39-21-25-43(26-22-39)47(42-23-19-38(20-24-42)35-11-5-2-6-12-35)45-14-8-7-13-44(45)46-40-28-32-27-33(30-40)31-41(46)29-32;1-4-10-35(34(9-1)40-26-18-24-17-25(20-26)21-27(40)19-24)41(28-13-15-32-30-7-2-5-11-36(30)42-38(32)22-28)29-14-16-33-31-8-3-6-12-37(31)43-39(33)23-29/h1-23,29-31,36-37,46H,24-28H2;1-26,32-33,40-41,46H,27-31H2;1-16,22-27,40H,17-21H2. The summed E-state index contributed by atoms with van der Waals surface area (Å²) in [4.78, 5) is 7.48. The molecule has 12 aliphatic carbocycles. The first-order valence-electron chi connectivity index (χ1n) is 51.4. The number of hydrogen-bond acceptors (Lipinski definition) is 6. The van der Waals surface area contributed by atoms with Crippen molar-refractivity contribution >= 4 is 117 Å². The van der Waals surface area contributed by atoms with E-state index < -0.39 is 0 Å². The summed E-state index contributed by atoms with van der Waals surface area (Å²) in [5.74, 6) is 12.5. The third kappa shape index (κ3) is 15.2. The van der Waals surface area contributed by atoms with Gasteiger partial charge >= 0.3 is 0 Å². The largest absolute Gasteiger partial charge is 0.456 e. The maximum Gasteiger partial charge on any atom is 0.137 e. The van der Waals surface area contributed by atoms with Gasteiger partial charge in [-0.3, -0.25) is 0 Å². The molecule has 674 valence electrons. The van der Waals surface area contributed by atoms with Crippen LogP contribution in [-0.4, -0.2) is 0 Å². The molecule has 0 saturated heterocycles. The van der Waals surface area contributed by atoms with Crippen LogP contribution in [-0.2, 0) is 0 Å². The topological polar surface area (TPSA) is 49.1 Å². The molecule has 3 heterocycles. The highest BCUT2D eigenvalue weighted by molar-refractivity contribution is 6.09. The predicted molar refractivity (Wildman–Crippen MR) is 572 cm³/mol. The van der Waals surface area contributed by atoms with Crippen LogP contribution in [0.4, 0.5) is 51.2 Å². The van der Waals surface area contributed by atoms with Gasteiger partial charge in [0.05, 0.1) is 0 Å². The molecule has 3 aromatic heterocycles. The molecule has 0 spiro atoms. The molecule has 0 N–H and O–H groups in total. The number of hydrogen-bond donors (Lipinski definition) is 0. The van der Waals surface area contributed by atoms with Crippen molar-refractivity contribution < 1.29 is 13.3 Å². The zero-order chi connectivity index (χ0) is 90.8. The van der Waals surface area contributed by atoms with Crippen LogP contribution in [0.15, 0.2) is 426 Å². The molecule has 0 amide bonds. The molecule has 6 nitrogen and oxygen atoms in total. The molecule has 32 rings (SSSR count). The lowest BCUT2D eigenvalue weighted by Crippen LogP contribution is -2.44. The average Bonchev–Trinajstić information content (AvgIpc) is 1.32. The predicted octanol–water partition coefficient (Wildman–Crippen LogP) is 37.1. The van der Waals surface area contributed by atoms with E-state index in [4.69, 9.17) is 13.3 Å². The summed E-state index contributed by atoms with van der Waals surface area (Å²) >= 11 is 0. The van der Waals surface area contributed by atoms with E-state index in [0.717, 1.165) is 149 Å². The summed E-state index contributed by atoms with van der Waals surface area (Å²) in [5.41, 5.74) is 33.4. The Hall–Kier alpha value is -14.5. The maximum absolute atomic E-state index is 6.43. The average molecular weight is 1790 g/mol. The molecule has 17 aromatic carbocycles.